The number of rotatable bonds is 3. The number of furan rings is 1. The lowest BCUT2D eigenvalue weighted by atomic mass is 10.0. The predicted molar refractivity (Wildman–Crippen MR) is 205 cm³/mol. The van der Waals surface area contributed by atoms with Crippen molar-refractivity contribution in [3.63, 3.8) is 0 Å². The summed E-state index contributed by atoms with van der Waals surface area (Å²) in [6.07, 6.45) is 0. The molecule has 0 bridgehead atoms. The molecule has 11 rings (SSSR count). The van der Waals surface area contributed by atoms with Crippen LogP contribution in [0, 0.1) is 0 Å². The highest BCUT2D eigenvalue weighted by Gasteiger charge is 2.20. The minimum absolute atomic E-state index is 0.913. The molecule has 228 valence electrons. The van der Waals surface area contributed by atoms with Gasteiger partial charge in [-0.05, 0) is 88.6 Å². The van der Waals surface area contributed by atoms with E-state index in [2.05, 4.69) is 167 Å². The standard InChI is InChI=1S/C46H28N2O/c1-2-11-32(12-3-1)48-41-25-21-30-10-4-5-13-34(30)46(41)39-27-38-35-14-6-8-16-40(35)47(42(38)28-43(39)48)33-22-18-29(19-23-33)31-20-24-37-36-15-7-9-17-44(36)49-45(37)26-31/h1-28H. The van der Waals surface area contributed by atoms with Crippen LogP contribution in [0.4, 0.5) is 0 Å². The molecule has 0 atom stereocenters. The molecular weight excluding hydrogens is 597 g/mol. The molecule has 0 aliphatic rings. The second-order valence-corrected chi connectivity index (χ2v) is 12.9. The molecule has 11 aromatic rings. The van der Waals surface area contributed by atoms with Crippen LogP contribution in [0.3, 0.4) is 0 Å². The van der Waals surface area contributed by atoms with Crippen molar-refractivity contribution in [2.24, 2.45) is 0 Å². The van der Waals surface area contributed by atoms with Crippen LogP contribution in [0.15, 0.2) is 174 Å². The Hall–Kier alpha value is -6.58. The molecule has 3 nitrogen and oxygen atoms in total. The zero-order chi connectivity index (χ0) is 32.1. The van der Waals surface area contributed by atoms with Gasteiger partial charge in [-0.15, -0.1) is 0 Å². The summed E-state index contributed by atoms with van der Waals surface area (Å²) in [4.78, 5) is 0. The summed E-state index contributed by atoms with van der Waals surface area (Å²) < 4.78 is 11.1. The molecule has 0 fully saturated rings. The molecule has 0 radical (unpaired) electrons. The van der Waals surface area contributed by atoms with Crippen LogP contribution in [-0.2, 0) is 0 Å². The summed E-state index contributed by atoms with van der Waals surface area (Å²) in [7, 11) is 0. The van der Waals surface area contributed by atoms with Crippen molar-refractivity contribution < 1.29 is 4.42 Å². The van der Waals surface area contributed by atoms with Crippen LogP contribution in [-0.4, -0.2) is 9.13 Å². The van der Waals surface area contributed by atoms with E-state index < -0.39 is 0 Å². The van der Waals surface area contributed by atoms with Gasteiger partial charge >= 0.3 is 0 Å². The third-order valence-electron chi connectivity index (χ3n) is 10.3. The first-order chi connectivity index (χ1) is 24.3. The fraction of sp³-hybridized carbons (Fsp3) is 0. The van der Waals surface area contributed by atoms with Gasteiger partial charge in [-0.2, -0.15) is 0 Å². The monoisotopic (exact) mass is 624 g/mol. The molecule has 3 heteroatoms. The first-order valence-corrected chi connectivity index (χ1v) is 16.8. The van der Waals surface area contributed by atoms with Gasteiger partial charge in [0.05, 0.1) is 22.1 Å². The van der Waals surface area contributed by atoms with E-state index in [4.69, 9.17) is 4.42 Å². The van der Waals surface area contributed by atoms with Crippen molar-refractivity contribution in [3.8, 4) is 22.5 Å². The minimum Gasteiger partial charge on any atom is -0.456 e. The van der Waals surface area contributed by atoms with Crippen LogP contribution in [0.5, 0.6) is 0 Å². The van der Waals surface area contributed by atoms with Crippen molar-refractivity contribution in [3.05, 3.63) is 170 Å². The Morgan fingerprint density at radius 2 is 0.980 bits per heavy atom. The first-order valence-electron chi connectivity index (χ1n) is 16.8. The van der Waals surface area contributed by atoms with E-state index in [1.165, 1.54) is 54.4 Å². The molecule has 0 saturated heterocycles. The lowest BCUT2D eigenvalue weighted by Crippen LogP contribution is -1.95. The third-order valence-corrected chi connectivity index (χ3v) is 10.3. The van der Waals surface area contributed by atoms with E-state index in [9.17, 15) is 0 Å². The molecule has 0 saturated carbocycles. The molecule has 8 aromatic carbocycles. The van der Waals surface area contributed by atoms with E-state index >= 15 is 0 Å². The Morgan fingerprint density at radius 3 is 1.86 bits per heavy atom. The van der Waals surface area contributed by atoms with E-state index in [1.807, 2.05) is 12.1 Å². The van der Waals surface area contributed by atoms with E-state index in [1.54, 1.807) is 0 Å². The largest absolute Gasteiger partial charge is 0.456 e. The maximum absolute atomic E-state index is 6.21. The average molecular weight is 625 g/mol. The zero-order valence-electron chi connectivity index (χ0n) is 26.5. The molecule has 0 N–H and O–H groups in total. The van der Waals surface area contributed by atoms with Crippen molar-refractivity contribution in [1.82, 2.24) is 9.13 Å². The highest BCUT2D eigenvalue weighted by atomic mass is 16.3. The Labute approximate surface area is 281 Å². The Bertz CT molecular complexity index is 3090. The van der Waals surface area contributed by atoms with E-state index in [-0.39, 0.29) is 0 Å². The summed E-state index contributed by atoms with van der Waals surface area (Å²) in [5.41, 5.74) is 11.2. The zero-order valence-corrected chi connectivity index (χ0v) is 26.5. The summed E-state index contributed by atoms with van der Waals surface area (Å²) in [6, 6.07) is 61.3. The minimum atomic E-state index is 0.913. The number of aromatic nitrogens is 2. The number of nitrogens with zero attached hydrogens (tertiary/aromatic N) is 2. The Kier molecular flexibility index (Phi) is 5.38. The van der Waals surface area contributed by atoms with Crippen molar-refractivity contribution in [1.29, 1.82) is 0 Å². The molecule has 3 heterocycles. The Balaban J connectivity index is 1.15. The number of hydrogen-bond acceptors (Lipinski definition) is 1. The van der Waals surface area contributed by atoms with Gasteiger partial charge in [0, 0.05) is 43.7 Å². The summed E-state index contributed by atoms with van der Waals surface area (Å²) in [6.45, 7) is 0. The fourth-order valence-corrected chi connectivity index (χ4v) is 8.09. The summed E-state index contributed by atoms with van der Waals surface area (Å²) in [5.74, 6) is 0. The second kappa shape index (κ2) is 9.96. The summed E-state index contributed by atoms with van der Waals surface area (Å²) >= 11 is 0. The van der Waals surface area contributed by atoms with Gasteiger partial charge in [0.1, 0.15) is 11.2 Å². The molecule has 0 aliphatic carbocycles. The van der Waals surface area contributed by atoms with Gasteiger partial charge in [0.15, 0.2) is 0 Å². The SMILES string of the molecule is c1ccc(-n2c3cc4c(cc3c3c5ccccc5ccc32)c2ccccc2n4-c2ccc(-c3ccc4c(c3)oc3ccccc34)cc2)cc1. The smallest absolute Gasteiger partial charge is 0.136 e. The van der Waals surface area contributed by atoms with Crippen LogP contribution in [0.1, 0.15) is 0 Å². The molecule has 3 aromatic heterocycles. The van der Waals surface area contributed by atoms with Gasteiger partial charge in [0.25, 0.3) is 0 Å². The van der Waals surface area contributed by atoms with Crippen LogP contribution < -0.4 is 0 Å². The van der Waals surface area contributed by atoms with E-state index in [0.717, 1.165) is 44.4 Å². The van der Waals surface area contributed by atoms with Gasteiger partial charge in [-0.3, -0.25) is 0 Å². The van der Waals surface area contributed by atoms with Gasteiger partial charge in [-0.25, -0.2) is 0 Å². The highest BCUT2D eigenvalue weighted by molar-refractivity contribution is 6.25. The highest BCUT2D eigenvalue weighted by Crippen LogP contribution is 2.42. The first kappa shape index (κ1) is 26.5. The lowest BCUT2D eigenvalue weighted by Gasteiger charge is -2.11. The molecule has 0 aliphatic heterocycles. The number of fused-ring (bicyclic) bond motifs is 11. The van der Waals surface area contributed by atoms with Crippen molar-refractivity contribution in [2.45, 2.75) is 0 Å². The fourth-order valence-electron chi connectivity index (χ4n) is 8.09. The normalized spacial score (nSPS) is 12.1. The third kappa shape index (κ3) is 3.78. The van der Waals surface area contributed by atoms with Crippen LogP contribution >= 0.6 is 0 Å². The van der Waals surface area contributed by atoms with Crippen molar-refractivity contribution in [2.75, 3.05) is 0 Å². The molecule has 0 unspecified atom stereocenters. The van der Waals surface area contributed by atoms with Gasteiger partial charge in [0.2, 0.25) is 0 Å². The average Bonchev–Trinajstić information content (AvgIpc) is 3.81. The molecule has 0 spiro atoms. The molecule has 0 amide bonds. The van der Waals surface area contributed by atoms with E-state index in [0.29, 0.717) is 0 Å². The van der Waals surface area contributed by atoms with Crippen LogP contribution in [0.2, 0.25) is 0 Å². The lowest BCUT2D eigenvalue weighted by molar-refractivity contribution is 0.669. The maximum Gasteiger partial charge on any atom is 0.136 e. The van der Waals surface area contributed by atoms with Crippen LogP contribution in [0.25, 0.3) is 98.8 Å². The quantitative estimate of drug-likeness (QED) is 0.192. The van der Waals surface area contributed by atoms with Gasteiger partial charge in [-0.1, -0.05) is 103 Å². The van der Waals surface area contributed by atoms with Crippen molar-refractivity contribution >= 4 is 76.3 Å². The topological polar surface area (TPSA) is 23.0 Å². The molecule has 49 heavy (non-hydrogen) atoms. The predicted octanol–water partition coefficient (Wildman–Crippen LogP) is 12.6. The second-order valence-electron chi connectivity index (χ2n) is 12.9. The number of benzene rings is 8. The Morgan fingerprint density at radius 1 is 0.327 bits per heavy atom. The summed E-state index contributed by atoms with van der Waals surface area (Å²) in [5, 5.41) is 9.89. The van der Waals surface area contributed by atoms with Gasteiger partial charge < -0.3 is 13.6 Å². The molecular formula is C46H28N2O. The maximum atomic E-state index is 6.21. The number of hydrogen-bond donors (Lipinski definition) is 0. The number of para-hydroxylation sites is 3.